The molecule has 7 heteroatoms. The molecule has 2 heterocycles. The first-order valence-electron chi connectivity index (χ1n) is 6.05. The van der Waals surface area contributed by atoms with Crippen LogP contribution in [0.3, 0.4) is 0 Å². The summed E-state index contributed by atoms with van der Waals surface area (Å²) in [5.41, 5.74) is 3.06. The van der Waals surface area contributed by atoms with Gasteiger partial charge in [0, 0.05) is 12.7 Å². The van der Waals surface area contributed by atoms with Gasteiger partial charge in [0.05, 0.1) is 11.8 Å². The SMILES string of the molecule is OB(O)c1ccc(Cn2cnc3ccnc(Cl)c32)cc1. The molecular formula is C13H11BClN3O2. The lowest BCUT2D eigenvalue weighted by Crippen LogP contribution is -2.29. The number of rotatable bonds is 3. The Hall–Kier alpha value is -1.89. The predicted octanol–water partition coefficient (Wildman–Crippen LogP) is 0.813. The average Bonchev–Trinajstić information content (AvgIpc) is 2.84. The molecule has 5 nitrogen and oxygen atoms in total. The summed E-state index contributed by atoms with van der Waals surface area (Å²) in [5, 5.41) is 18.5. The molecule has 0 radical (unpaired) electrons. The summed E-state index contributed by atoms with van der Waals surface area (Å²) in [4.78, 5) is 8.34. The summed E-state index contributed by atoms with van der Waals surface area (Å²) in [6.45, 7) is 0.587. The highest BCUT2D eigenvalue weighted by Crippen LogP contribution is 2.20. The van der Waals surface area contributed by atoms with Crippen LogP contribution in [0.5, 0.6) is 0 Å². The number of fused-ring (bicyclic) bond motifs is 1. The van der Waals surface area contributed by atoms with Crippen LogP contribution in [0, 0.1) is 0 Å². The van der Waals surface area contributed by atoms with E-state index in [1.54, 1.807) is 24.7 Å². The van der Waals surface area contributed by atoms with Crippen molar-refractivity contribution in [1.29, 1.82) is 0 Å². The number of benzene rings is 1. The van der Waals surface area contributed by atoms with Crippen molar-refractivity contribution in [1.82, 2.24) is 14.5 Å². The Balaban J connectivity index is 1.93. The van der Waals surface area contributed by atoms with Gasteiger partial charge in [0.25, 0.3) is 0 Å². The summed E-state index contributed by atoms with van der Waals surface area (Å²) >= 11 is 6.10. The van der Waals surface area contributed by atoms with Crippen LogP contribution in [0.15, 0.2) is 42.9 Å². The molecule has 0 fully saturated rings. The maximum absolute atomic E-state index is 9.06. The molecule has 3 rings (SSSR count). The van der Waals surface area contributed by atoms with E-state index < -0.39 is 7.12 Å². The van der Waals surface area contributed by atoms with E-state index in [0.717, 1.165) is 16.6 Å². The molecule has 2 N–H and O–H groups in total. The number of imidazole rings is 1. The molecule has 0 bridgehead atoms. The topological polar surface area (TPSA) is 71.2 Å². The zero-order valence-corrected chi connectivity index (χ0v) is 11.2. The third-order valence-electron chi connectivity index (χ3n) is 3.11. The smallest absolute Gasteiger partial charge is 0.423 e. The molecule has 0 amide bonds. The van der Waals surface area contributed by atoms with E-state index in [0.29, 0.717) is 17.2 Å². The molecule has 2 aromatic heterocycles. The van der Waals surface area contributed by atoms with E-state index in [1.165, 1.54) is 0 Å². The summed E-state index contributed by atoms with van der Waals surface area (Å²) < 4.78 is 1.91. The third kappa shape index (κ3) is 2.41. The molecule has 20 heavy (non-hydrogen) atoms. The fraction of sp³-hybridized carbons (Fsp3) is 0.0769. The molecule has 0 aliphatic carbocycles. The lowest BCUT2D eigenvalue weighted by Gasteiger charge is -2.06. The number of nitrogens with zero attached hydrogens (tertiary/aromatic N) is 3. The highest BCUT2D eigenvalue weighted by molar-refractivity contribution is 6.58. The Kier molecular flexibility index (Phi) is 3.44. The number of hydrogen-bond acceptors (Lipinski definition) is 4. The van der Waals surface area contributed by atoms with E-state index in [-0.39, 0.29) is 0 Å². The fourth-order valence-corrected chi connectivity index (χ4v) is 2.35. The van der Waals surface area contributed by atoms with Crippen LogP contribution in [0.4, 0.5) is 0 Å². The molecule has 0 spiro atoms. The van der Waals surface area contributed by atoms with Gasteiger partial charge in [0.1, 0.15) is 5.52 Å². The highest BCUT2D eigenvalue weighted by atomic mass is 35.5. The van der Waals surface area contributed by atoms with Crippen LogP contribution in [-0.2, 0) is 6.54 Å². The second-order valence-electron chi connectivity index (χ2n) is 4.46. The molecule has 0 aliphatic rings. The second-order valence-corrected chi connectivity index (χ2v) is 4.82. The number of aromatic nitrogens is 3. The van der Waals surface area contributed by atoms with Crippen molar-refractivity contribution in [3.63, 3.8) is 0 Å². The monoisotopic (exact) mass is 287 g/mol. The minimum Gasteiger partial charge on any atom is -0.423 e. The first-order chi connectivity index (χ1) is 9.65. The minimum absolute atomic E-state index is 0.419. The van der Waals surface area contributed by atoms with Crippen molar-refractivity contribution in [2.24, 2.45) is 0 Å². The van der Waals surface area contributed by atoms with Gasteiger partial charge >= 0.3 is 7.12 Å². The van der Waals surface area contributed by atoms with Gasteiger partial charge in [-0.15, -0.1) is 0 Å². The number of pyridine rings is 1. The van der Waals surface area contributed by atoms with Crippen molar-refractivity contribution in [2.45, 2.75) is 6.54 Å². The van der Waals surface area contributed by atoms with E-state index in [9.17, 15) is 0 Å². The zero-order valence-electron chi connectivity index (χ0n) is 10.4. The molecule has 0 aliphatic heterocycles. The van der Waals surface area contributed by atoms with Gasteiger partial charge in [-0.05, 0) is 17.1 Å². The van der Waals surface area contributed by atoms with Crippen molar-refractivity contribution < 1.29 is 10.0 Å². The highest BCUT2D eigenvalue weighted by Gasteiger charge is 2.11. The third-order valence-corrected chi connectivity index (χ3v) is 3.39. The van der Waals surface area contributed by atoms with Crippen molar-refractivity contribution >= 4 is 35.2 Å². The number of hydrogen-bond donors (Lipinski definition) is 2. The standard InChI is InChI=1S/C13H11BClN3O2/c15-13-12-11(5-6-16-13)17-8-18(12)7-9-1-3-10(4-2-9)14(19)20/h1-6,8,19-20H,7H2. The van der Waals surface area contributed by atoms with Crippen LogP contribution in [0.25, 0.3) is 11.0 Å². The van der Waals surface area contributed by atoms with Crippen LogP contribution < -0.4 is 5.46 Å². The van der Waals surface area contributed by atoms with E-state index in [4.69, 9.17) is 21.6 Å². The predicted molar refractivity (Wildman–Crippen MR) is 77.9 cm³/mol. The average molecular weight is 288 g/mol. The largest absolute Gasteiger partial charge is 0.488 e. The molecule has 100 valence electrons. The first-order valence-corrected chi connectivity index (χ1v) is 6.43. The molecular weight excluding hydrogens is 276 g/mol. The lowest BCUT2D eigenvalue weighted by atomic mass is 9.80. The Labute approximate surface area is 120 Å². The zero-order chi connectivity index (χ0) is 14.1. The van der Waals surface area contributed by atoms with Crippen LogP contribution in [-0.4, -0.2) is 31.7 Å². The molecule has 1 aromatic carbocycles. The van der Waals surface area contributed by atoms with Gasteiger partial charge < -0.3 is 14.6 Å². The summed E-state index contributed by atoms with van der Waals surface area (Å²) in [6.07, 6.45) is 3.34. The molecule has 0 atom stereocenters. The quantitative estimate of drug-likeness (QED) is 0.552. The Morgan fingerprint density at radius 2 is 1.85 bits per heavy atom. The van der Waals surface area contributed by atoms with Gasteiger partial charge in [-0.25, -0.2) is 9.97 Å². The van der Waals surface area contributed by atoms with Crippen LogP contribution in [0.1, 0.15) is 5.56 Å². The Bertz CT molecular complexity index is 743. The van der Waals surface area contributed by atoms with Crippen molar-refractivity contribution in [3.8, 4) is 0 Å². The van der Waals surface area contributed by atoms with Gasteiger partial charge in [0.15, 0.2) is 5.15 Å². The van der Waals surface area contributed by atoms with Crippen molar-refractivity contribution in [2.75, 3.05) is 0 Å². The van der Waals surface area contributed by atoms with E-state index >= 15 is 0 Å². The van der Waals surface area contributed by atoms with Gasteiger partial charge in [-0.1, -0.05) is 35.9 Å². The molecule has 3 aromatic rings. The van der Waals surface area contributed by atoms with Gasteiger partial charge in [-0.2, -0.15) is 0 Å². The second kappa shape index (κ2) is 5.24. The summed E-state index contributed by atoms with van der Waals surface area (Å²) in [5.74, 6) is 0. The number of halogens is 1. The van der Waals surface area contributed by atoms with E-state index in [1.807, 2.05) is 22.8 Å². The van der Waals surface area contributed by atoms with Crippen LogP contribution >= 0.6 is 11.6 Å². The fourth-order valence-electron chi connectivity index (χ4n) is 2.09. The Morgan fingerprint density at radius 3 is 2.55 bits per heavy atom. The van der Waals surface area contributed by atoms with Crippen molar-refractivity contribution in [3.05, 3.63) is 53.6 Å². The van der Waals surface area contributed by atoms with Gasteiger partial charge in [-0.3, -0.25) is 0 Å². The maximum Gasteiger partial charge on any atom is 0.488 e. The van der Waals surface area contributed by atoms with Crippen LogP contribution in [0.2, 0.25) is 5.15 Å². The summed E-state index contributed by atoms with van der Waals surface area (Å²) in [7, 11) is -1.45. The minimum atomic E-state index is -1.45. The normalized spacial score (nSPS) is 10.9. The molecule has 0 saturated heterocycles. The maximum atomic E-state index is 9.06. The Morgan fingerprint density at radius 1 is 1.10 bits per heavy atom. The van der Waals surface area contributed by atoms with E-state index in [2.05, 4.69) is 9.97 Å². The molecule has 0 unspecified atom stereocenters. The first kappa shape index (κ1) is 13.1. The summed E-state index contributed by atoms with van der Waals surface area (Å²) in [6, 6.07) is 8.84. The lowest BCUT2D eigenvalue weighted by molar-refractivity contribution is 0.426. The van der Waals surface area contributed by atoms with Gasteiger partial charge in [0.2, 0.25) is 0 Å². The molecule has 0 saturated carbocycles.